The van der Waals surface area contributed by atoms with Crippen LogP contribution in [0.5, 0.6) is 0 Å². The summed E-state index contributed by atoms with van der Waals surface area (Å²) in [5.74, 6) is 0. The van der Waals surface area contributed by atoms with Crippen molar-refractivity contribution in [3.63, 3.8) is 0 Å². The number of ether oxygens (including phenoxy) is 1. The first-order valence-corrected chi connectivity index (χ1v) is 3.95. The zero-order chi connectivity index (χ0) is 9.40. The van der Waals surface area contributed by atoms with E-state index < -0.39 is 0 Å². The fourth-order valence-corrected chi connectivity index (χ4v) is 0.824. The summed E-state index contributed by atoms with van der Waals surface area (Å²) in [6.07, 6.45) is 2.78. The number of amides is 1. The third-order valence-electron chi connectivity index (χ3n) is 1.55. The van der Waals surface area contributed by atoms with Gasteiger partial charge in [-0.2, -0.15) is 0 Å². The Morgan fingerprint density at radius 1 is 1.50 bits per heavy atom. The van der Waals surface area contributed by atoms with Crippen LogP contribution in [0.25, 0.3) is 0 Å². The summed E-state index contributed by atoms with van der Waals surface area (Å²) >= 11 is 0. The minimum atomic E-state index is -0.332. The SMILES string of the molecule is COC(=O)N(C)CCCCC=O. The van der Waals surface area contributed by atoms with Crippen LogP contribution in [0.2, 0.25) is 0 Å². The molecule has 0 bridgehead atoms. The molecule has 70 valence electrons. The van der Waals surface area contributed by atoms with Crippen molar-refractivity contribution in [2.45, 2.75) is 19.3 Å². The van der Waals surface area contributed by atoms with E-state index in [1.54, 1.807) is 7.05 Å². The predicted molar refractivity (Wildman–Crippen MR) is 45.0 cm³/mol. The van der Waals surface area contributed by atoms with Crippen LogP contribution in [0.4, 0.5) is 4.79 Å². The standard InChI is InChI=1S/C8H15NO3/c1-9(8(11)12-2)6-4-3-5-7-10/h7H,3-6H2,1-2H3. The minimum Gasteiger partial charge on any atom is -0.453 e. The molecule has 0 rings (SSSR count). The van der Waals surface area contributed by atoms with Gasteiger partial charge in [0.25, 0.3) is 0 Å². The second-order valence-corrected chi connectivity index (χ2v) is 2.55. The molecule has 0 unspecified atom stereocenters. The van der Waals surface area contributed by atoms with Gasteiger partial charge in [-0.15, -0.1) is 0 Å². The number of carbonyl (C=O) groups excluding carboxylic acids is 2. The fourth-order valence-electron chi connectivity index (χ4n) is 0.824. The fraction of sp³-hybridized carbons (Fsp3) is 0.750. The third kappa shape index (κ3) is 4.71. The van der Waals surface area contributed by atoms with Crippen LogP contribution >= 0.6 is 0 Å². The number of rotatable bonds is 5. The van der Waals surface area contributed by atoms with Gasteiger partial charge in [0.15, 0.2) is 0 Å². The normalized spacial score (nSPS) is 9.17. The van der Waals surface area contributed by atoms with Crippen molar-refractivity contribution in [1.29, 1.82) is 0 Å². The molecule has 1 amide bonds. The zero-order valence-corrected chi connectivity index (χ0v) is 7.58. The molecule has 0 saturated heterocycles. The van der Waals surface area contributed by atoms with Crippen LogP contribution in [-0.4, -0.2) is 38.0 Å². The molecule has 0 fully saturated rings. The summed E-state index contributed by atoms with van der Waals surface area (Å²) in [5, 5.41) is 0. The van der Waals surface area contributed by atoms with Crippen LogP contribution < -0.4 is 0 Å². The Kier molecular flexibility index (Phi) is 6.05. The number of aldehydes is 1. The van der Waals surface area contributed by atoms with E-state index in [0.29, 0.717) is 13.0 Å². The topological polar surface area (TPSA) is 46.6 Å². The molecule has 0 aromatic carbocycles. The van der Waals surface area contributed by atoms with Crippen molar-refractivity contribution in [2.75, 3.05) is 20.7 Å². The van der Waals surface area contributed by atoms with Crippen molar-refractivity contribution in [1.82, 2.24) is 4.90 Å². The van der Waals surface area contributed by atoms with Crippen molar-refractivity contribution in [3.8, 4) is 0 Å². The Hall–Kier alpha value is -1.06. The van der Waals surface area contributed by atoms with Gasteiger partial charge in [0.05, 0.1) is 7.11 Å². The Morgan fingerprint density at radius 3 is 2.67 bits per heavy atom. The Labute approximate surface area is 72.5 Å². The Balaban J connectivity index is 3.36. The highest BCUT2D eigenvalue weighted by Crippen LogP contribution is 1.96. The van der Waals surface area contributed by atoms with E-state index in [2.05, 4.69) is 4.74 Å². The van der Waals surface area contributed by atoms with Gasteiger partial charge in [-0.05, 0) is 12.8 Å². The first-order valence-electron chi connectivity index (χ1n) is 3.95. The molecular formula is C8H15NO3. The average molecular weight is 173 g/mol. The number of hydrogen-bond acceptors (Lipinski definition) is 3. The lowest BCUT2D eigenvalue weighted by molar-refractivity contribution is -0.107. The molecule has 0 aromatic heterocycles. The summed E-state index contributed by atoms with van der Waals surface area (Å²) in [6.45, 7) is 0.639. The van der Waals surface area contributed by atoms with Gasteiger partial charge in [-0.1, -0.05) is 0 Å². The molecule has 12 heavy (non-hydrogen) atoms. The van der Waals surface area contributed by atoms with Crippen LogP contribution in [0.3, 0.4) is 0 Å². The smallest absolute Gasteiger partial charge is 0.409 e. The van der Waals surface area contributed by atoms with Gasteiger partial charge < -0.3 is 14.4 Å². The minimum absolute atomic E-state index is 0.332. The largest absolute Gasteiger partial charge is 0.453 e. The summed E-state index contributed by atoms with van der Waals surface area (Å²) < 4.78 is 4.49. The first-order chi connectivity index (χ1) is 5.72. The molecule has 0 spiro atoms. The maximum atomic E-state index is 10.8. The van der Waals surface area contributed by atoms with Gasteiger partial charge in [0.1, 0.15) is 6.29 Å². The van der Waals surface area contributed by atoms with Gasteiger partial charge in [-0.3, -0.25) is 0 Å². The molecule has 0 aromatic rings. The molecule has 0 heterocycles. The number of nitrogens with zero attached hydrogens (tertiary/aromatic N) is 1. The molecule has 0 aliphatic rings. The Bertz CT molecular complexity index is 147. The number of methoxy groups -OCH3 is 1. The predicted octanol–water partition coefficient (Wildman–Crippen LogP) is 1.05. The van der Waals surface area contributed by atoms with E-state index in [4.69, 9.17) is 0 Å². The van der Waals surface area contributed by atoms with Crippen LogP contribution in [0.1, 0.15) is 19.3 Å². The highest BCUT2D eigenvalue weighted by Gasteiger charge is 2.05. The van der Waals surface area contributed by atoms with E-state index in [9.17, 15) is 9.59 Å². The molecule has 0 radical (unpaired) electrons. The number of hydrogen-bond donors (Lipinski definition) is 0. The van der Waals surface area contributed by atoms with E-state index in [1.165, 1.54) is 12.0 Å². The van der Waals surface area contributed by atoms with E-state index in [1.807, 2.05) is 0 Å². The molecule has 0 aliphatic carbocycles. The van der Waals surface area contributed by atoms with Crippen molar-refractivity contribution in [3.05, 3.63) is 0 Å². The Morgan fingerprint density at radius 2 is 2.17 bits per heavy atom. The second kappa shape index (κ2) is 6.64. The quantitative estimate of drug-likeness (QED) is 0.461. The van der Waals surface area contributed by atoms with E-state index in [0.717, 1.165) is 19.1 Å². The molecule has 0 atom stereocenters. The third-order valence-corrected chi connectivity index (χ3v) is 1.55. The van der Waals surface area contributed by atoms with E-state index in [-0.39, 0.29) is 6.09 Å². The first kappa shape index (κ1) is 10.9. The lowest BCUT2D eigenvalue weighted by Gasteiger charge is -2.14. The average Bonchev–Trinajstić information content (AvgIpc) is 2.10. The number of unbranched alkanes of at least 4 members (excludes halogenated alkanes) is 2. The van der Waals surface area contributed by atoms with Gasteiger partial charge in [0.2, 0.25) is 0 Å². The summed E-state index contributed by atoms with van der Waals surface area (Å²) in [6, 6.07) is 0. The van der Waals surface area contributed by atoms with Gasteiger partial charge >= 0.3 is 6.09 Å². The van der Waals surface area contributed by atoms with Gasteiger partial charge in [0, 0.05) is 20.0 Å². The highest BCUT2D eigenvalue weighted by molar-refractivity contribution is 5.66. The summed E-state index contributed by atoms with van der Waals surface area (Å²) in [7, 11) is 3.02. The maximum Gasteiger partial charge on any atom is 0.409 e. The van der Waals surface area contributed by atoms with Crippen LogP contribution in [-0.2, 0) is 9.53 Å². The number of carbonyl (C=O) groups is 2. The summed E-state index contributed by atoms with van der Waals surface area (Å²) in [5.41, 5.74) is 0. The van der Waals surface area contributed by atoms with Crippen LogP contribution in [0, 0.1) is 0 Å². The molecule has 0 aliphatic heterocycles. The molecule has 4 nitrogen and oxygen atoms in total. The van der Waals surface area contributed by atoms with Crippen molar-refractivity contribution >= 4 is 12.4 Å². The second-order valence-electron chi connectivity index (χ2n) is 2.55. The van der Waals surface area contributed by atoms with Crippen molar-refractivity contribution < 1.29 is 14.3 Å². The van der Waals surface area contributed by atoms with Crippen molar-refractivity contribution in [2.24, 2.45) is 0 Å². The summed E-state index contributed by atoms with van der Waals surface area (Å²) in [4.78, 5) is 22.2. The molecule has 4 heteroatoms. The maximum absolute atomic E-state index is 10.8. The monoisotopic (exact) mass is 173 g/mol. The van der Waals surface area contributed by atoms with Crippen LogP contribution in [0.15, 0.2) is 0 Å². The van der Waals surface area contributed by atoms with Gasteiger partial charge in [-0.25, -0.2) is 4.79 Å². The molecule has 0 N–H and O–H groups in total. The zero-order valence-electron chi connectivity index (χ0n) is 7.58. The lowest BCUT2D eigenvalue weighted by Crippen LogP contribution is -2.27. The highest BCUT2D eigenvalue weighted by atomic mass is 16.5. The molecule has 0 saturated carbocycles. The van der Waals surface area contributed by atoms with E-state index >= 15 is 0 Å². The molecular weight excluding hydrogens is 158 g/mol. The lowest BCUT2D eigenvalue weighted by atomic mass is 10.2.